The molecule has 1 fully saturated rings. The fourth-order valence-electron chi connectivity index (χ4n) is 4.31. The van der Waals surface area contributed by atoms with Gasteiger partial charge in [-0.2, -0.15) is 5.26 Å². The number of benzene rings is 1. The summed E-state index contributed by atoms with van der Waals surface area (Å²) in [6.45, 7) is 5.27. The lowest BCUT2D eigenvalue weighted by atomic mass is 9.68. The molecule has 0 bridgehead atoms. The first-order valence-corrected chi connectivity index (χ1v) is 10.5. The lowest BCUT2D eigenvalue weighted by Crippen LogP contribution is -2.44. The van der Waals surface area contributed by atoms with Crippen molar-refractivity contribution < 1.29 is 4.79 Å². The van der Waals surface area contributed by atoms with E-state index in [1.807, 2.05) is 4.90 Å². The molecule has 3 aromatic rings. The normalized spacial score (nSPS) is 16.4. The summed E-state index contributed by atoms with van der Waals surface area (Å²) in [5.41, 5.74) is 3.60. The molecule has 1 aliphatic rings. The molecule has 1 aromatic carbocycles. The van der Waals surface area contributed by atoms with Crippen molar-refractivity contribution in [1.82, 2.24) is 19.9 Å². The van der Waals surface area contributed by atoms with Crippen molar-refractivity contribution in [3.63, 3.8) is 0 Å². The Balaban J connectivity index is 1.53. The number of nitrogens with zero attached hydrogens (tertiary/aromatic N) is 5. The molecular weight excluding hydrogens is 386 g/mol. The molecule has 1 saturated heterocycles. The van der Waals surface area contributed by atoms with Gasteiger partial charge < -0.3 is 4.90 Å². The number of hydrogen-bond acceptors (Lipinski definition) is 5. The number of rotatable bonds is 4. The van der Waals surface area contributed by atoms with Crippen molar-refractivity contribution in [2.24, 2.45) is 5.41 Å². The van der Waals surface area contributed by atoms with Gasteiger partial charge in [0.2, 0.25) is 0 Å². The lowest BCUT2D eigenvalue weighted by Gasteiger charge is -2.41. The van der Waals surface area contributed by atoms with E-state index in [-0.39, 0.29) is 11.8 Å². The molecule has 4 rings (SSSR count). The number of aryl methyl sites for hydroxylation is 1. The van der Waals surface area contributed by atoms with Crippen molar-refractivity contribution >= 4 is 5.91 Å². The molecule has 0 aliphatic carbocycles. The second kappa shape index (κ2) is 8.65. The van der Waals surface area contributed by atoms with Crippen molar-refractivity contribution in [3.05, 3.63) is 77.9 Å². The van der Waals surface area contributed by atoms with Gasteiger partial charge >= 0.3 is 0 Å². The van der Waals surface area contributed by atoms with Gasteiger partial charge in [-0.1, -0.05) is 36.8 Å². The Labute approximate surface area is 182 Å². The highest BCUT2D eigenvalue weighted by Gasteiger charge is 2.41. The predicted octanol–water partition coefficient (Wildman–Crippen LogP) is 4.40. The van der Waals surface area contributed by atoms with E-state index in [2.05, 4.69) is 59.1 Å². The highest BCUT2D eigenvalue weighted by molar-refractivity contribution is 5.99. The number of aromatic nitrogens is 3. The van der Waals surface area contributed by atoms with E-state index >= 15 is 0 Å². The first kappa shape index (κ1) is 20.7. The number of carbonyl (C=O) groups excluding carboxylic acids is 1. The van der Waals surface area contributed by atoms with Gasteiger partial charge in [-0.05, 0) is 49.4 Å². The van der Waals surface area contributed by atoms with Gasteiger partial charge in [0.15, 0.2) is 0 Å². The zero-order chi connectivity index (χ0) is 21.8. The van der Waals surface area contributed by atoms with Crippen LogP contribution in [0.5, 0.6) is 0 Å². The minimum absolute atomic E-state index is 0.0729. The number of hydrogen-bond donors (Lipinski definition) is 0. The standard InChI is InChI=1S/C25H25N5O/c1-18-5-7-20(8-6-18)19(2)25(16-26)10-14-30(15-11-25)24(31)21-4-3-12-28-23(21)22-9-13-27-17-29-22/h3-9,12-13,17,19H,10-11,14-15H2,1-2H3/t19-/m0/s1. The van der Waals surface area contributed by atoms with E-state index in [9.17, 15) is 10.1 Å². The summed E-state index contributed by atoms with van der Waals surface area (Å²) in [5.74, 6) is 0.0292. The number of nitriles is 1. The first-order valence-electron chi connectivity index (χ1n) is 10.5. The van der Waals surface area contributed by atoms with Gasteiger partial charge in [0.25, 0.3) is 5.91 Å². The number of pyridine rings is 1. The van der Waals surface area contributed by atoms with Gasteiger partial charge in [-0.15, -0.1) is 0 Å². The maximum Gasteiger partial charge on any atom is 0.256 e. The summed E-state index contributed by atoms with van der Waals surface area (Å²) in [6, 6.07) is 16.3. The summed E-state index contributed by atoms with van der Waals surface area (Å²) in [4.78, 5) is 27.7. The van der Waals surface area contributed by atoms with Crippen LogP contribution >= 0.6 is 0 Å². The Morgan fingerprint density at radius 2 is 1.84 bits per heavy atom. The van der Waals surface area contributed by atoms with E-state index < -0.39 is 5.41 Å². The van der Waals surface area contributed by atoms with Gasteiger partial charge in [-0.3, -0.25) is 9.78 Å². The van der Waals surface area contributed by atoms with E-state index in [0.717, 1.165) is 0 Å². The maximum atomic E-state index is 13.3. The average molecular weight is 412 g/mol. The summed E-state index contributed by atoms with van der Waals surface area (Å²) in [7, 11) is 0. The zero-order valence-electron chi connectivity index (χ0n) is 17.8. The van der Waals surface area contributed by atoms with Gasteiger partial charge in [-0.25, -0.2) is 9.97 Å². The largest absolute Gasteiger partial charge is 0.338 e. The van der Waals surface area contributed by atoms with E-state index in [1.54, 1.807) is 30.6 Å². The molecule has 156 valence electrons. The van der Waals surface area contributed by atoms with Crippen LogP contribution in [0.4, 0.5) is 0 Å². The fraction of sp³-hybridized carbons (Fsp3) is 0.320. The lowest BCUT2D eigenvalue weighted by molar-refractivity contribution is 0.0623. The minimum Gasteiger partial charge on any atom is -0.338 e. The third kappa shape index (κ3) is 4.04. The van der Waals surface area contributed by atoms with Crippen LogP contribution in [0.15, 0.2) is 61.2 Å². The van der Waals surface area contributed by atoms with Crippen LogP contribution in [0.3, 0.4) is 0 Å². The van der Waals surface area contributed by atoms with Crippen LogP contribution < -0.4 is 0 Å². The Kier molecular flexibility index (Phi) is 5.77. The summed E-state index contributed by atoms with van der Waals surface area (Å²) in [5, 5.41) is 10.1. The summed E-state index contributed by atoms with van der Waals surface area (Å²) >= 11 is 0. The van der Waals surface area contributed by atoms with Crippen molar-refractivity contribution in [2.75, 3.05) is 13.1 Å². The second-order valence-corrected chi connectivity index (χ2v) is 8.19. The summed E-state index contributed by atoms with van der Waals surface area (Å²) in [6.07, 6.45) is 6.04. The Morgan fingerprint density at radius 3 is 2.48 bits per heavy atom. The van der Waals surface area contributed by atoms with Crippen molar-refractivity contribution in [1.29, 1.82) is 5.26 Å². The van der Waals surface area contributed by atoms with Crippen LogP contribution in [0, 0.1) is 23.7 Å². The molecule has 0 unspecified atom stereocenters. The highest BCUT2D eigenvalue weighted by Crippen LogP contribution is 2.44. The first-order chi connectivity index (χ1) is 15.0. The Morgan fingerprint density at radius 1 is 1.10 bits per heavy atom. The number of carbonyl (C=O) groups is 1. The van der Waals surface area contributed by atoms with Crippen molar-refractivity contribution in [3.8, 4) is 17.5 Å². The molecule has 31 heavy (non-hydrogen) atoms. The van der Waals surface area contributed by atoms with Gasteiger partial charge in [0.1, 0.15) is 12.0 Å². The van der Waals surface area contributed by atoms with E-state index in [4.69, 9.17) is 0 Å². The van der Waals surface area contributed by atoms with Crippen LogP contribution in [-0.4, -0.2) is 38.8 Å². The third-order valence-electron chi connectivity index (χ3n) is 6.43. The monoisotopic (exact) mass is 411 g/mol. The number of amides is 1. The zero-order valence-corrected chi connectivity index (χ0v) is 17.8. The van der Waals surface area contributed by atoms with Crippen LogP contribution in [0.2, 0.25) is 0 Å². The van der Waals surface area contributed by atoms with Gasteiger partial charge in [0, 0.05) is 25.5 Å². The molecule has 6 nitrogen and oxygen atoms in total. The molecule has 1 atom stereocenters. The predicted molar refractivity (Wildman–Crippen MR) is 118 cm³/mol. The molecule has 0 spiro atoms. The molecular formula is C25H25N5O. The smallest absolute Gasteiger partial charge is 0.256 e. The summed E-state index contributed by atoms with van der Waals surface area (Å²) < 4.78 is 0. The molecule has 2 aromatic heterocycles. The second-order valence-electron chi connectivity index (χ2n) is 8.19. The topological polar surface area (TPSA) is 82.8 Å². The average Bonchev–Trinajstić information content (AvgIpc) is 2.84. The van der Waals surface area contributed by atoms with Crippen LogP contribution in [0.1, 0.15) is 47.2 Å². The number of likely N-dealkylation sites (tertiary alicyclic amines) is 1. The SMILES string of the molecule is Cc1ccc([C@H](C)C2(C#N)CCN(C(=O)c3cccnc3-c3ccncn3)CC2)cc1. The van der Waals surface area contributed by atoms with E-state index in [1.165, 1.54) is 17.5 Å². The minimum atomic E-state index is -0.476. The molecule has 0 radical (unpaired) electrons. The molecule has 1 amide bonds. The Bertz CT molecular complexity index is 1100. The van der Waals surface area contributed by atoms with Crippen LogP contribution in [0.25, 0.3) is 11.4 Å². The Hall–Kier alpha value is -3.59. The highest BCUT2D eigenvalue weighted by atomic mass is 16.2. The van der Waals surface area contributed by atoms with E-state index in [0.29, 0.717) is 42.9 Å². The van der Waals surface area contributed by atoms with Crippen molar-refractivity contribution in [2.45, 2.75) is 32.6 Å². The molecule has 0 saturated carbocycles. The fourth-order valence-corrected chi connectivity index (χ4v) is 4.31. The molecule has 0 N–H and O–H groups in total. The third-order valence-corrected chi connectivity index (χ3v) is 6.43. The molecule has 1 aliphatic heterocycles. The van der Waals surface area contributed by atoms with Gasteiger partial charge in [0.05, 0.1) is 22.7 Å². The molecule has 3 heterocycles. The quantitative estimate of drug-likeness (QED) is 0.636. The number of piperidine rings is 1. The molecule has 6 heteroatoms. The van der Waals surface area contributed by atoms with Crippen LogP contribution in [-0.2, 0) is 0 Å². The maximum absolute atomic E-state index is 13.3.